The number of anilines is 1. The van der Waals surface area contributed by atoms with E-state index in [2.05, 4.69) is 27.9 Å². The SMILES string of the molecule is N#C/C(=C/c1ccc(-c2cccc(Cl)c2)o1)C(=O)Nc1ccccc1I. The summed E-state index contributed by atoms with van der Waals surface area (Å²) in [6.07, 6.45) is 1.42. The summed E-state index contributed by atoms with van der Waals surface area (Å²) in [5, 5.41) is 12.7. The van der Waals surface area contributed by atoms with Crippen LogP contribution in [0.3, 0.4) is 0 Å². The molecule has 0 aliphatic heterocycles. The van der Waals surface area contributed by atoms with Crippen LogP contribution < -0.4 is 5.32 Å². The van der Waals surface area contributed by atoms with E-state index in [1.165, 1.54) is 6.08 Å². The van der Waals surface area contributed by atoms with Gasteiger partial charge in [0.1, 0.15) is 23.2 Å². The standard InChI is InChI=1S/C20H12ClIN2O2/c21-15-5-3-4-13(10-15)19-9-8-16(26-19)11-14(12-23)20(25)24-18-7-2-1-6-17(18)22/h1-11H,(H,24,25)/b14-11-. The Balaban J connectivity index is 1.82. The second-order valence-corrected chi connectivity index (χ2v) is 6.91. The summed E-state index contributed by atoms with van der Waals surface area (Å²) in [6.45, 7) is 0. The van der Waals surface area contributed by atoms with Crippen molar-refractivity contribution < 1.29 is 9.21 Å². The molecule has 0 unspecified atom stereocenters. The Bertz CT molecular complexity index is 1030. The second-order valence-electron chi connectivity index (χ2n) is 5.32. The molecule has 3 rings (SSSR count). The maximum absolute atomic E-state index is 12.4. The smallest absolute Gasteiger partial charge is 0.266 e. The van der Waals surface area contributed by atoms with Crippen molar-refractivity contribution in [3.8, 4) is 17.4 Å². The Morgan fingerprint density at radius 3 is 2.69 bits per heavy atom. The number of hydrogen-bond acceptors (Lipinski definition) is 3. The lowest BCUT2D eigenvalue weighted by molar-refractivity contribution is -0.112. The zero-order chi connectivity index (χ0) is 18.5. The average molecular weight is 475 g/mol. The number of nitriles is 1. The van der Waals surface area contributed by atoms with Crippen LogP contribution in [0.15, 0.2) is 70.7 Å². The van der Waals surface area contributed by atoms with E-state index < -0.39 is 5.91 Å². The van der Waals surface area contributed by atoms with Gasteiger partial charge in [-0.25, -0.2) is 0 Å². The van der Waals surface area contributed by atoms with Crippen LogP contribution >= 0.6 is 34.2 Å². The van der Waals surface area contributed by atoms with Gasteiger partial charge in [0.25, 0.3) is 5.91 Å². The molecule has 0 saturated heterocycles. The molecule has 2 aromatic carbocycles. The molecule has 0 atom stereocenters. The lowest BCUT2D eigenvalue weighted by Gasteiger charge is -2.05. The van der Waals surface area contributed by atoms with Gasteiger partial charge in [0.05, 0.1) is 5.69 Å². The third kappa shape index (κ3) is 4.34. The third-order valence-electron chi connectivity index (χ3n) is 3.51. The second kappa shape index (κ2) is 8.21. The zero-order valence-electron chi connectivity index (χ0n) is 13.4. The number of rotatable bonds is 4. The van der Waals surface area contributed by atoms with Crippen LogP contribution in [-0.2, 0) is 4.79 Å². The highest BCUT2D eigenvalue weighted by molar-refractivity contribution is 14.1. The molecule has 0 fully saturated rings. The molecular weight excluding hydrogens is 463 g/mol. The Kier molecular flexibility index (Phi) is 5.76. The lowest BCUT2D eigenvalue weighted by atomic mass is 10.2. The van der Waals surface area contributed by atoms with Crippen LogP contribution in [0.25, 0.3) is 17.4 Å². The minimum atomic E-state index is -0.489. The first-order valence-electron chi connectivity index (χ1n) is 7.60. The van der Waals surface area contributed by atoms with Gasteiger partial charge in [0, 0.05) is 20.2 Å². The number of benzene rings is 2. The van der Waals surface area contributed by atoms with Crippen LogP contribution in [0.5, 0.6) is 0 Å². The number of para-hydroxylation sites is 1. The van der Waals surface area contributed by atoms with E-state index in [1.807, 2.05) is 36.4 Å². The summed E-state index contributed by atoms with van der Waals surface area (Å²) >= 11 is 8.11. The minimum Gasteiger partial charge on any atom is -0.457 e. The summed E-state index contributed by atoms with van der Waals surface area (Å²) in [5.41, 5.74) is 1.42. The summed E-state index contributed by atoms with van der Waals surface area (Å²) in [6, 6.07) is 20.0. The Morgan fingerprint density at radius 2 is 1.96 bits per heavy atom. The molecule has 1 aromatic heterocycles. The topological polar surface area (TPSA) is 66.0 Å². The Morgan fingerprint density at radius 1 is 1.15 bits per heavy atom. The predicted octanol–water partition coefficient (Wildman–Crippen LogP) is 5.75. The number of carbonyl (C=O) groups is 1. The van der Waals surface area contributed by atoms with Gasteiger partial charge < -0.3 is 9.73 Å². The van der Waals surface area contributed by atoms with Gasteiger partial charge in [-0.15, -0.1) is 0 Å². The molecule has 1 heterocycles. The van der Waals surface area contributed by atoms with Gasteiger partial charge in [-0.2, -0.15) is 5.26 Å². The molecule has 128 valence electrons. The summed E-state index contributed by atoms with van der Waals surface area (Å²) in [7, 11) is 0. The van der Waals surface area contributed by atoms with Crippen molar-refractivity contribution in [1.29, 1.82) is 5.26 Å². The van der Waals surface area contributed by atoms with E-state index in [4.69, 9.17) is 16.0 Å². The molecule has 6 heteroatoms. The monoisotopic (exact) mass is 474 g/mol. The van der Waals surface area contributed by atoms with Crippen molar-refractivity contribution >= 4 is 51.9 Å². The summed E-state index contributed by atoms with van der Waals surface area (Å²) in [5.74, 6) is 0.529. The zero-order valence-corrected chi connectivity index (χ0v) is 16.3. The molecule has 0 bridgehead atoms. The van der Waals surface area contributed by atoms with E-state index in [0.29, 0.717) is 22.2 Å². The number of hydrogen-bond donors (Lipinski definition) is 1. The first-order valence-corrected chi connectivity index (χ1v) is 9.06. The highest BCUT2D eigenvalue weighted by Gasteiger charge is 2.12. The van der Waals surface area contributed by atoms with E-state index in [1.54, 1.807) is 30.3 Å². The fraction of sp³-hybridized carbons (Fsp3) is 0. The van der Waals surface area contributed by atoms with Crippen LogP contribution in [-0.4, -0.2) is 5.91 Å². The molecule has 3 aromatic rings. The average Bonchev–Trinajstić information content (AvgIpc) is 3.10. The van der Waals surface area contributed by atoms with Crippen LogP contribution in [0.1, 0.15) is 5.76 Å². The molecule has 1 N–H and O–H groups in total. The number of furan rings is 1. The largest absolute Gasteiger partial charge is 0.457 e. The van der Waals surface area contributed by atoms with Gasteiger partial charge in [-0.1, -0.05) is 35.9 Å². The van der Waals surface area contributed by atoms with E-state index in [0.717, 1.165) is 9.13 Å². The van der Waals surface area contributed by atoms with Crippen molar-refractivity contribution in [2.45, 2.75) is 0 Å². The van der Waals surface area contributed by atoms with Crippen LogP contribution in [0.4, 0.5) is 5.69 Å². The lowest BCUT2D eigenvalue weighted by Crippen LogP contribution is -2.14. The highest BCUT2D eigenvalue weighted by Crippen LogP contribution is 2.26. The van der Waals surface area contributed by atoms with Crippen molar-refractivity contribution in [3.63, 3.8) is 0 Å². The summed E-state index contributed by atoms with van der Waals surface area (Å²) in [4.78, 5) is 12.4. The third-order valence-corrected chi connectivity index (χ3v) is 4.69. The molecule has 0 aliphatic carbocycles. The predicted molar refractivity (Wildman–Crippen MR) is 111 cm³/mol. The first kappa shape index (κ1) is 18.2. The molecule has 1 amide bonds. The highest BCUT2D eigenvalue weighted by atomic mass is 127. The van der Waals surface area contributed by atoms with Crippen molar-refractivity contribution in [2.24, 2.45) is 0 Å². The van der Waals surface area contributed by atoms with Crippen molar-refractivity contribution in [3.05, 3.63) is 80.6 Å². The Labute approximate surface area is 169 Å². The first-order chi connectivity index (χ1) is 12.6. The number of nitrogens with one attached hydrogen (secondary N) is 1. The van der Waals surface area contributed by atoms with E-state index in [-0.39, 0.29) is 5.57 Å². The fourth-order valence-electron chi connectivity index (χ4n) is 2.27. The van der Waals surface area contributed by atoms with Crippen LogP contribution in [0.2, 0.25) is 5.02 Å². The molecule has 0 aliphatic rings. The fourth-order valence-corrected chi connectivity index (χ4v) is 2.98. The number of amides is 1. The maximum Gasteiger partial charge on any atom is 0.266 e. The van der Waals surface area contributed by atoms with Gasteiger partial charge in [0.15, 0.2) is 0 Å². The molecule has 4 nitrogen and oxygen atoms in total. The minimum absolute atomic E-state index is 0.0448. The number of nitrogens with zero attached hydrogens (tertiary/aromatic N) is 1. The van der Waals surface area contributed by atoms with Gasteiger partial charge in [-0.05, 0) is 59.0 Å². The van der Waals surface area contributed by atoms with Gasteiger partial charge in [0.2, 0.25) is 0 Å². The van der Waals surface area contributed by atoms with Crippen LogP contribution in [0, 0.1) is 14.9 Å². The molecule has 0 spiro atoms. The van der Waals surface area contributed by atoms with Gasteiger partial charge >= 0.3 is 0 Å². The number of carbonyl (C=O) groups excluding carboxylic acids is 1. The Hall–Kier alpha value is -2.56. The van der Waals surface area contributed by atoms with E-state index >= 15 is 0 Å². The van der Waals surface area contributed by atoms with Crippen molar-refractivity contribution in [2.75, 3.05) is 5.32 Å². The number of halogens is 2. The molecule has 0 saturated carbocycles. The van der Waals surface area contributed by atoms with E-state index in [9.17, 15) is 10.1 Å². The maximum atomic E-state index is 12.4. The summed E-state index contributed by atoms with van der Waals surface area (Å²) < 4.78 is 6.60. The molecule has 26 heavy (non-hydrogen) atoms. The normalized spacial score (nSPS) is 11.0. The quantitative estimate of drug-likeness (QED) is 0.297. The van der Waals surface area contributed by atoms with Gasteiger partial charge in [-0.3, -0.25) is 4.79 Å². The van der Waals surface area contributed by atoms with Crippen molar-refractivity contribution in [1.82, 2.24) is 0 Å². The molecule has 0 radical (unpaired) electrons. The molecular formula is C20H12ClIN2O2.